The van der Waals surface area contributed by atoms with Crippen molar-refractivity contribution in [1.29, 1.82) is 0 Å². The van der Waals surface area contributed by atoms with Crippen molar-refractivity contribution in [3.05, 3.63) is 29.8 Å². The van der Waals surface area contributed by atoms with Crippen LogP contribution in [0.4, 0.5) is 0 Å². The van der Waals surface area contributed by atoms with Crippen molar-refractivity contribution in [2.24, 2.45) is 5.73 Å². The van der Waals surface area contributed by atoms with E-state index in [-0.39, 0.29) is 11.9 Å². The maximum Gasteiger partial charge on any atom is 0.234 e. The Hall–Kier alpha value is -1.55. The zero-order chi connectivity index (χ0) is 14.8. The number of hydrogen-bond acceptors (Lipinski definition) is 3. The second kappa shape index (κ2) is 9.37. The third-order valence-corrected chi connectivity index (χ3v) is 3.21. The fourth-order valence-corrected chi connectivity index (χ4v) is 2.02. The van der Waals surface area contributed by atoms with E-state index in [0.29, 0.717) is 13.0 Å². The number of ether oxygens (including phenoxy) is 1. The van der Waals surface area contributed by atoms with Crippen LogP contribution in [0.3, 0.4) is 0 Å². The number of unbranched alkanes of at least 4 members (excludes halogenated alkanes) is 1. The first-order valence-corrected chi connectivity index (χ1v) is 7.41. The predicted molar refractivity (Wildman–Crippen MR) is 81.8 cm³/mol. The molecular formula is C16H26N2O2. The number of likely N-dealkylation sites (N-methyl/N-ethyl adjacent to an activating group) is 1. The van der Waals surface area contributed by atoms with Gasteiger partial charge in [0.05, 0.1) is 12.6 Å². The summed E-state index contributed by atoms with van der Waals surface area (Å²) in [5.74, 6) is 0.510. The van der Waals surface area contributed by atoms with E-state index in [4.69, 9.17) is 10.5 Å². The molecule has 0 aromatic heterocycles. The molecule has 0 aliphatic carbocycles. The second-order valence-corrected chi connectivity index (χ2v) is 4.90. The number of primary amides is 1. The number of carbonyl (C=O) groups excluding carboxylic acids is 1. The monoisotopic (exact) mass is 278 g/mol. The minimum atomic E-state index is -0.328. The summed E-state index contributed by atoms with van der Waals surface area (Å²) in [5, 5.41) is 3.05. The van der Waals surface area contributed by atoms with Crippen LogP contribution in [0.1, 0.15) is 38.7 Å². The topological polar surface area (TPSA) is 64.3 Å². The van der Waals surface area contributed by atoms with Gasteiger partial charge in [0.2, 0.25) is 5.91 Å². The van der Waals surface area contributed by atoms with Crippen LogP contribution in [0.25, 0.3) is 0 Å². The van der Waals surface area contributed by atoms with E-state index >= 15 is 0 Å². The Morgan fingerprint density at radius 1 is 1.30 bits per heavy atom. The molecule has 1 atom stereocenters. The third-order valence-electron chi connectivity index (χ3n) is 3.21. The Balaban J connectivity index is 2.35. The summed E-state index contributed by atoms with van der Waals surface area (Å²) in [7, 11) is 0. The molecule has 0 bridgehead atoms. The smallest absolute Gasteiger partial charge is 0.234 e. The molecular weight excluding hydrogens is 252 g/mol. The Bertz CT molecular complexity index is 390. The highest BCUT2D eigenvalue weighted by Gasteiger charge is 2.13. The van der Waals surface area contributed by atoms with Crippen LogP contribution in [0.5, 0.6) is 5.75 Å². The van der Waals surface area contributed by atoms with Crippen molar-refractivity contribution in [3.8, 4) is 5.75 Å². The van der Waals surface area contributed by atoms with Crippen LogP contribution in [0.15, 0.2) is 24.3 Å². The lowest BCUT2D eigenvalue weighted by Gasteiger charge is -2.14. The highest BCUT2D eigenvalue weighted by Crippen LogP contribution is 2.14. The van der Waals surface area contributed by atoms with Gasteiger partial charge in [-0.15, -0.1) is 0 Å². The Morgan fingerprint density at radius 3 is 2.55 bits per heavy atom. The van der Waals surface area contributed by atoms with Crippen LogP contribution >= 0.6 is 0 Å². The molecule has 0 aliphatic heterocycles. The van der Waals surface area contributed by atoms with Gasteiger partial charge in [-0.05, 0) is 37.1 Å². The number of aryl methyl sites for hydroxylation is 1. The van der Waals surface area contributed by atoms with Crippen molar-refractivity contribution >= 4 is 5.91 Å². The van der Waals surface area contributed by atoms with Crippen molar-refractivity contribution in [2.75, 3.05) is 13.2 Å². The predicted octanol–water partition coefficient (Wildman–Crippen LogP) is 2.26. The van der Waals surface area contributed by atoms with Crippen molar-refractivity contribution in [1.82, 2.24) is 5.32 Å². The van der Waals surface area contributed by atoms with Crippen LogP contribution < -0.4 is 15.8 Å². The first-order valence-electron chi connectivity index (χ1n) is 7.41. The molecule has 1 aromatic carbocycles. The Labute approximate surface area is 121 Å². The molecule has 0 saturated carbocycles. The number of benzene rings is 1. The molecule has 0 saturated heterocycles. The minimum Gasteiger partial charge on any atom is -0.494 e. The molecule has 3 N–H and O–H groups in total. The summed E-state index contributed by atoms with van der Waals surface area (Å²) in [6, 6.07) is 7.85. The summed E-state index contributed by atoms with van der Waals surface area (Å²) >= 11 is 0. The molecule has 1 rings (SSSR count). The number of hydrogen-bond donors (Lipinski definition) is 2. The van der Waals surface area contributed by atoms with Gasteiger partial charge in [-0.1, -0.05) is 32.4 Å². The van der Waals surface area contributed by atoms with Crippen LogP contribution in [-0.4, -0.2) is 25.1 Å². The van der Waals surface area contributed by atoms with E-state index in [1.54, 1.807) is 0 Å². The van der Waals surface area contributed by atoms with Crippen LogP contribution in [0.2, 0.25) is 0 Å². The lowest BCUT2D eigenvalue weighted by Crippen LogP contribution is -2.42. The summed E-state index contributed by atoms with van der Waals surface area (Å²) < 4.78 is 5.64. The molecule has 4 nitrogen and oxygen atoms in total. The molecule has 20 heavy (non-hydrogen) atoms. The second-order valence-electron chi connectivity index (χ2n) is 4.90. The lowest BCUT2D eigenvalue weighted by molar-refractivity contribution is -0.120. The fourth-order valence-electron chi connectivity index (χ4n) is 2.02. The molecule has 1 unspecified atom stereocenters. The molecule has 0 fully saturated rings. The molecule has 112 valence electrons. The van der Waals surface area contributed by atoms with Gasteiger partial charge in [-0.3, -0.25) is 4.79 Å². The van der Waals surface area contributed by atoms with Crippen LogP contribution in [0, 0.1) is 0 Å². The maximum absolute atomic E-state index is 11.2. The third kappa shape index (κ3) is 6.06. The summed E-state index contributed by atoms with van der Waals surface area (Å²) in [5.41, 5.74) is 6.65. The quantitative estimate of drug-likeness (QED) is 0.690. The average molecular weight is 278 g/mol. The molecule has 0 spiro atoms. The first kappa shape index (κ1) is 16.5. The average Bonchev–Trinajstić information content (AvgIpc) is 2.45. The van der Waals surface area contributed by atoms with E-state index in [9.17, 15) is 4.79 Å². The first-order chi connectivity index (χ1) is 9.67. The van der Waals surface area contributed by atoms with E-state index in [1.807, 2.05) is 19.1 Å². The molecule has 0 aliphatic rings. The summed E-state index contributed by atoms with van der Waals surface area (Å²) in [6.07, 6.45) is 4.11. The van der Waals surface area contributed by atoms with E-state index in [0.717, 1.165) is 18.7 Å². The number of nitrogens with two attached hydrogens (primary N) is 1. The number of carbonyl (C=O) groups is 1. The SMILES string of the molecule is CCCCc1ccc(OCCC(NCC)C(N)=O)cc1. The Kier molecular flexibility index (Phi) is 7.73. The largest absolute Gasteiger partial charge is 0.494 e. The van der Waals surface area contributed by atoms with E-state index in [2.05, 4.69) is 24.4 Å². The number of nitrogens with one attached hydrogen (secondary N) is 1. The van der Waals surface area contributed by atoms with Gasteiger partial charge in [0, 0.05) is 6.42 Å². The standard InChI is InChI=1S/C16H26N2O2/c1-3-5-6-13-7-9-14(10-8-13)20-12-11-15(16(17)19)18-4-2/h7-10,15,18H,3-6,11-12H2,1-2H3,(H2,17,19). The number of rotatable bonds is 10. The van der Waals surface area contributed by atoms with Gasteiger partial charge in [0.25, 0.3) is 0 Å². The molecule has 4 heteroatoms. The van der Waals surface area contributed by atoms with Gasteiger partial charge in [0.1, 0.15) is 5.75 Å². The zero-order valence-corrected chi connectivity index (χ0v) is 12.5. The zero-order valence-electron chi connectivity index (χ0n) is 12.5. The summed E-state index contributed by atoms with van der Waals surface area (Å²) in [6.45, 7) is 5.34. The summed E-state index contributed by atoms with van der Waals surface area (Å²) in [4.78, 5) is 11.2. The van der Waals surface area contributed by atoms with Gasteiger partial charge in [-0.2, -0.15) is 0 Å². The Morgan fingerprint density at radius 2 is 2.00 bits per heavy atom. The molecule has 1 amide bonds. The molecule has 0 heterocycles. The normalized spacial score (nSPS) is 12.1. The highest BCUT2D eigenvalue weighted by molar-refractivity contribution is 5.79. The minimum absolute atomic E-state index is 0.316. The maximum atomic E-state index is 11.2. The molecule has 0 radical (unpaired) electrons. The van der Waals surface area contributed by atoms with E-state index in [1.165, 1.54) is 18.4 Å². The van der Waals surface area contributed by atoms with Crippen LogP contribution in [-0.2, 0) is 11.2 Å². The van der Waals surface area contributed by atoms with Gasteiger partial charge in [0.15, 0.2) is 0 Å². The van der Waals surface area contributed by atoms with Gasteiger partial charge in [-0.25, -0.2) is 0 Å². The van der Waals surface area contributed by atoms with Gasteiger partial charge < -0.3 is 15.8 Å². The van der Waals surface area contributed by atoms with Crippen molar-refractivity contribution in [3.63, 3.8) is 0 Å². The fraction of sp³-hybridized carbons (Fsp3) is 0.562. The van der Waals surface area contributed by atoms with Crippen molar-refractivity contribution in [2.45, 2.75) is 45.6 Å². The van der Waals surface area contributed by atoms with E-state index < -0.39 is 0 Å². The number of amides is 1. The molecule has 1 aromatic rings. The highest BCUT2D eigenvalue weighted by atomic mass is 16.5. The van der Waals surface area contributed by atoms with Crippen molar-refractivity contribution < 1.29 is 9.53 Å². The lowest BCUT2D eigenvalue weighted by atomic mass is 10.1. The van der Waals surface area contributed by atoms with Gasteiger partial charge >= 0.3 is 0 Å².